The molecular weight excluding hydrogens is 334 g/mol. The van der Waals surface area contributed by atoms with Crippen LogP contribution >= 0.6 is 23.1 Å². The third kappa shape index (κ3) is 2.99. The third-order valence-electron chi connectivity index (χ3n) is 3.31. The highest BCUT2D eigenvalue weighted by molar-refractivity contribution is 7.98. The van der Waals surface area contributed by atoms with E-state index in [1.807, 2.05) is 0 Å². The summed E-state index contributed by atoms with van der Waals surface area (Å²) >= 11 is 2.52. The molecule has 3 aromatic heterocycles. The Morgan fingerprint density at radius 3 is 2.96 bits per heavy atom. The van der Waals surface area contributed by atoms with Crippen molar-refractivity contribution >= 4 is 39.1 Å². The average molecular weight is 347 g/mol. The van der Waals surface area contributed by atoms with Crippen LogP contribution in [-0.4, -0.2) is 15.8 Å². The number of ketones is 1. The molecule has 0 amide bonds. The number of rotatable bonds is 4. The van der Waals surface area contributed by atoms with Gasteiger partial charge in [0.2, 0.25) is 0 Å². The molecule has 1 N–H and O–H groups in total. The van der Waals surface area contributed by atoms with E-state index in [1.54, 1.807) is 25.1 Å². The number of thioether (sulfide) groups is 1. The molecule has 0 aliphatic carbocycles. The minimum atomic E-state index is -0.255. The lowest BCUT2D eigenvalue weighted by molar-refractivity contribution is -0.645. The number of nitrogens with one attached hydrogen (secondary N) is 1. The number of H-pyrrole nitrogens is 1. The first-order chi connectivity index (χ1) is 11.0. The van der Waals surface area contributed by atoms with Gasteiger partial charge in [-0.3, -0.25) is 9.59 Å². The second-order valence-electron chi connectivity index (χ2n) is 4.96. The van der Waals surface area contributed by atoms with Crippen molar-refractivity contribution in [3.63, 3.8) is 0 Å². The molecule has 0 unspecified atom stereocenters. The minimum absolute atomic E-state index is 0.0718. The molecule has 23 heavy (non-hydrogen) atoms. The van der Waals surface area contributed by atoms with Crippen LogP contribution < -0.4 is 10.3 Å². The largest absolute Gasteiger partial charge is 0.618 e. The summed E-state index contributed by atoms with van der Waals surface area (Å²) in [5, 5.41) is 12.6. The molecule has 3 aromatic rings. The van der Waals surface area contributed by atoms with E-state index in [0.29, 0.717) is 37.3 Å². The van der Waals surface area contributed by atoms with Gasteiger partial charge >= 0.3 is 0 Å². The van der Waals surface area contributed by atoms with Gasteiger partial charge in [-0.1, -0.05) is 0 Å². The van der Waals surface area contributed by atoms with Crippen molar-refractivity contribution in [3.8, 4) is 0 Å². The Morgan fingerprint density at radius 1 is 1.48 bits per heavy atom. The first-order valence-electron chi connectivity index (χ1n) is 6.81. The van der Waals surface area contributed by atoms with Crippen LogP contribution in [0.3, 0.4) is 0 Å². The number of carbonyl (C=O) groups excluding carboxylic acids is 1. The van der Waals surface area contributed by atoms with Crippen molar-refractivity contribution in [1.29, 1.82) is 0 Å². The summed E-state index contributed by atoms with van der Waals surface area (Å²) in [4.78, 5) is 32.1. The van der Waals surface area contributed by atoms with Crippen molar-refractivity contribution in [1.82, 2.24) is 9.97 Å². The number of carbonyl (C=O) groups is 1. The van der Waals surface area contributed by atoms with Gasteiger partial charge in [-0.05, 0) is 37.2 Å². The van der Waals surface area contributed by atoms with E-state index in [2.05, 4.69) is 9.97 Å². The van der Waals surface area contributed by atoms with Gasteiger partial charge in [-0.15, -0.1) is 11.3 Å². The van der Waals surface area contributed by atoms with E-state index < -0.39 is 0 Å². The van der Waals surface area contributed by atoms with Crippen LogP contribution in [0.25, 0.3) is 10.2 Å². The molecule has 0 atom stereocenters. The maximum Gasteiger partial charge on any atom is 0.259 e. The fourth-order valence-corrected chi connectivity index (χ4v) is 4.14. The number of aromatic amines is 1. The molecule has 0 fully saturated rings. The third-order valence-corrected chi connectivity index (χ3v) is 5.63. The molecular formula is C15H13N3O3S2. The molecule has 0 aliphatic rings. The predicted octanol–water partition coefficient (Wildman–Crippen LogP) is 2.42. The van der Waals surface area contributed by atoms with Gasteiger partial charge in [0.1, 0.15) is 10.7 Å². The van der Waals surface area contributed by atoms with Gasteiger partial charge in [-0.2, -0.15) is 4.73 Å². The lowest BCUT2D eigenvalue weighted by atomic mass is 10.2. The molecule has 0 radical (unpaired) electrons. The van der Waals surface area contributed by atoms with Crippen LogP contribution in [0, 0.1) is 12.1 Å². The SMILES string of the molecule is CC(=O)c1sc2nc(CSc3cccc[n+]3[O-])[nH]c(=O)c2c1C. The highest BCUT2D eigenvalue weighted by atomic mass is 32.2. The van der Waals surface area contributed by atoms with Crippen LogP contribution in [0.15, 0.2) is 34.2 Å². The highest BCUT2D eigenvalue weighted by Gasteiger charge is 2.17. The molecule has 3 rings (SSSR count). The highest BCUT2D eigenvalue weighted by Crippen LogP contribution is 2.28. The summed E-state index contributed by atoms with van der Waals surface area (Å²) in [6, 6.07) is 5.14. The molecule has 3 heterocycles. The summed E-state index contributed by atoms with van der Waals surface area (Å²) < 4.78 is 0.768. The lowest BCUT2D eigenvalue weighted by Gasteiger charge is -2.03. The van der Waals surface area contributed by atoms with E-state index in [0.717, 1.165) is 4.73 Å². The van der Waals surface area contributed by atoms with Gasteiger partial charge < -0.3 is 10.2 Å². The van der Waals surface area contributed by atoms with Crippen LogP contribution in [-0.2, 0) is 5.75 Å². The number of thiophene rings is 1. The summed E-state index contributed by atoms with van der Waals surface area (Å²) in [6.45, 7) is 3.23. The quantitative estimate of drug-likeness (QED) is 0.339. The van der Waals surface area contributed by atoms with Crippen LogP contribution in [0.2, 0.25) is 0 Å². The monoisotopic (exact) mass is 347 g/mol. The Bertz CT molecular complexity index is 962. The van der Waals surface area contributed by atoms with E-state index in [-0.39, 0.29) is 11.3 Å². The van der Waals surface area contributed by atoms with Crippen molar-refractivity contribution in [3.05, 3.63) is 56.2 Å². The average Bonchev–Trinajstić information content (AvgIpc) is 2.84. The number of fused-ring (bicyclic) bond motifs is 1. The molecule has 118 valence electrons. The summed E-state index contributed by atoms with van der Waals surface area (Å²) in [5.74, 6) is 0.772. The zero-order valence-corrected chi connectivity index (χ0v) is 14.1. The van der Waals surface area contributed by atoms with Crippen molar-refractivity contribution in [2.75, 3.05) is 0 Å². The Labute approximate surface area is 139 Å². The molecule has 0 saturated carbocycles. The van der Waals surface area contributed by atoms with Gasteiger partial charge in [0.15, 0.2) is 12.0 Å². The molecule has 0 aromatic carbocycles. The van der Waals surface area contributed by atoms with E-state index >= 15 is 0 Å². The van der Waals surface area contributed by atoms with Gasteiger partial charge in [0, 0.05) is 12.1 Å². The predicted molar refractivity (Wildman–Crippen MR) is 89.9 cm³/mol. The number of pyridine rings is 1. The molecule has 0 aliphatic heterocycles. The van der Waals surface area contributed by atoms with E-state index in [9.17, 15) is 14.8 Å². The number of hydrogen-bond acceptors (Lipinski definition) is 6. The minimum Gasteiger partial charge on any atom is -0.618 e. The van der Waals surface area contributed by atoms with Crippen molar-refractivity contribution < 1.29 is 9.52 Å². The zero-order chi connectivity index (χ0) is 16.6. The van der Waals surface area contributed by atoms with Crippen molar-refractivity contribution in [2.24, 2.45) is 0 Å². The molecule has 8 heteroatoms. The Hall–Kier alpha value is -2.19. The van der Waals surface area contributed by atoms with Crippen LogP contribution in [0.4, 0.5) is 0 Å². The number of nitrogens with zero attached hydrogens (tertiary/aromatic N) is 2. The van der Waals surface area contributed by atoms with Gasteiger partial charge in [0.05, 0.1) is 16.0 Å². The molecule has 0 spiro atoms. The standard InChI is InChI=1S/C15H13N3O3S2/c1-8-12-14(20)16-10(17-15(12)23-13(8)9(2)19)7-22-11-5-3-4-6-18(11)21/h3-6H,7H2,1-2H3,(H,16,17,20). The van der Waals surface area contributed by atoms with E-state index in [4.69, 9.17) is 0 Å². The maximum absolute atomic E-state index is 12.3. The first-order valence-corrected chi connectivity index (χ1v) is 8.62. The van der Waals surface area contributed by atoms with Crippen molar-refractivity contribution in [2.45, 2.75) is 24.6 Å². The fourth-order valence-electron chi connectivity index (χ4n) is 2.26. The maximum atomic E-state index is 12.3. The Balaban J connectivity index is 1.95. The lowest BCUT2D eigenvalue weighted by Crippen LogP contribution is -2.27. The Morgan fingerprint density at radius 2 is 2.26 bits per heavy atom. The second kappa shape index (κ2) is 6.13. The van der Waals surface area contributed by atoms with Gasteiger partial charge in [-0.25, -0.2) is 4.98 Å². The molecule has 0 bridgehead atoms. The Kier molecular flexibility index (Phi) is 4.18. The number of aromatic nitrogens is 3. The van der Waals surface area contributed by atoms with E-state index in [1.165, 1.54) is 36.2 Å². The topological polar surface area (TPSA) is 89.8 Å². The zero-order valence-electron chi connectivity index (χ0n) is 12.5. The smallest absolute Gasteiger partial charge is 0.259 e. The normalized spacial score (nSPS) is 11.0. The fraction of sp³-hybridized carbons (Fsp3) is 0.200. The summed E-state index contributed by atoms with van der Waals surface area (Å²) in [7, 11) is 0. The summed E-state index contributed by atoms with van der Waals surface area (Å²) in [5.41, 5.74) is 0.417. The first kappa shape index (κ1) is 15.7. The number of Topliss-reactive ketones (excluding diaryl/α,β-unsaturated/α-hetero) is 1. The number of hydrogen-bond donors (Lipinski definition) is 1. The molecule has 0 saturated heterocycles. The van der Waals surface area contributed by atoms with Crippen LogP contribution in [0.1, 0.15) is 28.0 Å². The summed E-state index contributed by atoms with van der Waals surface area (Å²) in [6.07, 6.45) is 1.42. The van der Waals surface area contributed by atoms with Gasteiger partial charge in [0.25, 0.3) is 10.6 Å². The number of aryl methyl sites for hydroxylation is 1. The second-order valence-corrected chi connectivity index (χ2v) is 6.95. The molecule has 6 nitrogen and oxygen atoms in total. The van der Waals surface area contributed by atoms with Crippen LogP contribution in [0.5, 0.6) is 0 Å².